The van der Waals surface area contributed by atoms with Gasteiger partial charge < -0.3 is 0 Å². The van der Waals surface area contributed by atoms with Crippen LogP contribution in [0, 0.1) is 0 Å². The summed E-state index contributed by atoms with van der Waals surface area (Å²) in [6.07, 6.45) is 0. The summed E-state index contributed by atoms with van der Waals surface area (Å²) in [6, 6.07) is 0. The van der Waals surface area contributed by atoms with Crippen molar-refractivity contribution in [2.24, 2.45) is 0 Å². The third-order valence-corrected chi connectivity index (χ3v) is 0.469. The van der Waals surface area contributed by atoms with E-state index in [1.54, 1.807) is 0 Å². The minimum Gasteiger partial charge on any atom is -0.133 e. The van der Waals surface area contributed by atoms with Gasteiger partial charge in [-0.2, -0.15) is 0 Å². The Morgan fingerprint density at radius 1 is 1.83 bits per heavy atom. The first-order valence-corrected chi connectivity index (χ1v) is 2.10. The van der Waals surface area contributed by atoms with Crippen molar-refractivity contribution in [3.8, 4) is 0 Å². The molecular formula is CH4O3PZn+. The number of rotatable bonds is 1. The molecule has 32 valence electrons. The molecule has 5 heteroatoms. The third kappa shape index (κ3) is 8.82. The Morgan fingerprint density at radius 2 is 2.00 bits per heavy atom. The molecule has 0 radical (unpaired) electrons. The van der Waals surface area contributed by atoms with Crippen molar-refractivity contribution in [3.05, 3.63) is 0 Å². The predicted molar refractivity (Wildman–Crippen MR) is 16.8 cm³/mol. The maximum absolute atomic E-state index is 9.29. The van der Waals surface area contributed by atoms with Crippen LogP contribution in [-0.4, -0.2) is 12.0 Å². The van der Waals surface area contributed by atoms with E-state index in [1.807, 2.05) is 0 Å². The molecule has 0 saturated carbocycles. The van der Waals surface area contributed by atoms with E-state index in [4.69, 9.17) is 4.89 Å². The average Bonchev–Trinajstić information content (AvgIpc) is 1.38. The smallest absolute Gasteiger partial charge is 0.133 e. The van der Waals surface area contributed by atoms with Crippen molar-refractivity contribution in [2.75, 3.05) is 7.11 Å². The van der Waals surface area contributed by atoms with E-state index in [0.717, 1.165) is 0 Å². The fourth-order valence-electron chi connectivity index (χ4n) is 0. The molecule has 0 aliphatic carbocycles. The van der Waals surface area contributed by atoms with E-state index in [2.05, 4.69) is 4.52 Å². The molecular weight excluding hydrogens is 156 g/mol. The van der Waals surface area contributed by atoms with E-state index in [-0.39, 0.29) is 19.5 Å². The number of hydrogen-bond acceptors (Lipinski definition) is 2. The van der Waals surface area contributed by atoms with Crippen LogP contribution in [0.25, 0.3) is 0 Å². The molecule has 1 atom stereocenters. The predicted octanol–water partition coefficient (Wildman–Crippen LogP) is 0.280. The molecule has 3 nitrogen and oxygen atoms in total. The molecule has 0 heterocycles. The number of hydrogen-bond donors (Lipinski definition) is 1. The molecule has 0 aliphatic rings. The monoisotopic (exact) mass is 159 g/mol. The molecule has 0 rings (SSSR count). The first kappa shape index (κ1) is 9.81. The summed E-state index contributed by atoms with van der Waals surface area (Å²) < 4.78 is 13.1. The molecule has 6 heavy (non-hydrogen) atoms. The van der Waals surface area contributed by atoms with Crippen molar-refractivity contribution in [1.29, 1.82) is 0 Å². The van der Waals surface area contributed by atoms with E-state index in [9.17, 15) is 4.57 Å². The van der Waals surface area contributed by atoms with Gasteiger partial charge in [0.05, 0.1) is 7.11 Å². The van der Waals surface area contributed by atoms with Gasteiger partial charge in [-0.1, -0.05) is 0 Å². The molecule has 0 fully saturated rings. The quantitative estimate of drug-likeness (QED) is 0.443. The van der Waals surface area contributed by atoms with Crippen molar-refractivity contribution in [1.82, 2.24) is 0 Å². The molecule has 0 aromatic heterocycles. The summed E-state index contributed by atoms with van der Waals surface area (Å²) in [5, 5.41) is 0. The summed E-state index contributed by atoms with van der Waals surface area (Å²) in [7, 11) is -1.18. The van der Waals surface area contributed by atoms with Gasteiger partial charge in [0.1, 0.15) is 0 Å². The molecule has 0 bridgehead atoms. The maximum atomic E-state index is 9.29. The molecule has 0 amide bonds. The van der Waals surface area contributed by atoms with Gasteiger partial charge in [-0.3, -0.25) is 0 Å². The fraction of sp³-hybridized carbons (Fsp3) is 1.00. The Kier molecular flexibility index (Phi) is 9.23. The van der Waals surface area contributed by atoms with E-state index >= 15 is 0 Å². The van der Waals surface area contributed by atoms with Gasteiger partial charge in [0.25, 0.3) is 0 Å². The van der Waals surface area contributed by atoms with Crippen molar-refractivity contribution in [2.45, 2.75) is 0 Å². The zero-order valence-corrected chi connectivity index (χ0v) is 7.28. The van der Waals surface area contributed by atoms with Crippen LogP contribution in [-0.2, 0) is 28.6 Å². The largest absolute Gasteiger partial charge is 0.694 e. The van der Waals surface area contributed by atoms with Crippen molar-refractivity contribution < 1.29 is 33.5 Å². The molecule has 0 aliphatic heterocycles. The summed E-state index contributed by atoms with van der Waals surface area (Å²) in [4.78, 5) is 7.65. The van der Waals surface area contributed by atoms with Crippen molar-refractivity contribution >= 4 is 8.25 Å². The maximum Gasteiger partial charge on any atom is 0.694 e. The Labute approximate surface area is 49.4 Å². The molecule has 0 saturated heterocycles. The van der Waals surface area contributed by atoms with Gasteiger partial charge in [-0.05, 0) is 0 Å². The summed E-state index contributed by atoms with van der Waals surface area (Å²) >= 11 is 0. The summed E-state index contributed by atoms with van der Waals surface area (Å²) in [5.74, 6) is 0. The van der Waals surface area contributed by atoms with Crippen LogP contribution < -0.4 is 0 Å². The zero-order chi connectivity index (χ0) is 4.28. The molecule has 0 spiro atoms. The zero-order valence-electron chi connectivity index (χ0n) is 3.42. The molecule has 1 N–H and O–H groups in total. The van der Waals surface area contributed by atoms with Gasteiger partial charge in [0, 0.05) is 24.0 Å². The van der Waals surface area contributed by atoms with Gasteiger partial charge >= 0.3 is 8.25 Å². The topological polar surface area (TPSA) is 46.5 Å². The Bertz CT molecular complexity index is 46.1. The van der Waals surface area contributed by atoms with Gasteiger partial charge in [0.15, 0.2) is 0 Å². The second-order valence-corrected chi connectivity index (χ2v) is 1.26. The van der Waals surface area contributed by atoms with Gasteiger partial charge in [0.2, 0.25) is 0 Å². The third-order valence-electron chi connectivity index (χ3n) is 0.156. The Morgan fingerprint density at radius 3 is 2.00 bits per heavy atom. The fourth-order valence-corrected chi connectivity index (χ4v) is 0. The SMILES string of the molecule is CO[P+](=O)O.[Zn]. The summed E-state index contributed by atoms with van der Waals surface area (Å²) in [6.45, 7) is 0. The van der Waals surface area contributed by atoms with Crippen LogP contribution in [0.4, 0.5) is 0 Å². The van der Waals surface area contributed by atoms with Crippen LogP contribution in [0.3, 0.4) is 0 Å². The van der Waals surface area contributed by atoms with Crippen LogP contribution in [0.15, 0.2) is 0 Å². The first-order chi connectivity index (χ1) is 2.27. The van der Waals surface area contributed by atoms with Crippen LogP contribution in [0.5, 0.6) is 0 Å². The average molecular weight is 160 g/mol. The molecule has 0 aromatic rings. The van der Waals surface area contributed by atoms with Crippen LogP contribution in [0.1, 0.15) is 0 Å². The standard InChI is InChI=1S/CH3O3P.Zn/c1-4-5(2)3;/h1H3;/p+1. The van der Waals surface area contributed by atoms with E-state index in [0.29, 0.717) is 0 Å². The van der Waals surface area contributed by atoms with E-state index < -0.39 is 8.25 Å². The molecule has 0 aromatic carbocycles. The van der Waals surface area contributed by atoms with Crippen LogP contribution >= 0.6 is 8.25 Å². The second kappa shape index (κ2) is 5.64. The first-order valence-electron chi connectivity index (χ1n) is 0.973. The summed E-state index contributed by atoms with van der Waals surface area (Å²) in [5.41, 5.74) is 0. The normalized spacial score (nSPS) is 9.33. The Hall–Kier alpha value is 0.643. The second-order valence-electron chi connectivity index (χ2n) is 0.420. The minimum absolute atomic E-state index is 0. The van der Waals surface area contributed by atoms with Crippen LogP contribution in [0.2, 0.25) is 0 Å². The minimum atomic E-state index is -2.35. The van der Waals surface area contributed by atoms with Crippen molar-refractivity contribution in [3.63, 3.8) is 0 Å². The Balaban J connectivity index is 0. The van der Waals surface area contributed by atoms with E-state index in [1.165, 1.54) is 7.11 Å². The van der Waals surface area contributed by atoms with Gasteiger partial charge in [-0.15, -0.1) is 9.42 Å². The van der Waals surface area contributed by atoms with Gasteiger partial charge in [-0.25, -0.2) is 0 Å². The molecule has 1 unspecified atom stereocenters.